The molecule has 5 nitrogen and oxygen atoms in total. The van der Waals surface area contributed by atoms with E-state index in [1.807, 2.05) is 24.3 Å². The normalized spacial score (nSPS) is 10.3. The highest BCUT2D eigenvalue weighted by Gasteiger charge is 2.15. The van der Waals surface area contributed by atoms with Crippen LogP contribution in [0.25, 0.3) is 0 Å². The van der Waals surface area contributed by atoms with Crippen LogP contribution in [0.1, 0.15) is 15.9 Å². The molecule has 3 aromatic rings. The van der Waals surface area contributed by atoms with Gasteiger partial charge in [-0.3, -0.25) is 4.79 Å². The van der Waals surface area contributed by atoms with Crippen molar-refractivity contribution in [2.75, 3.05) is 26.1 Å². The number of methoxy groups -OCH3 is 2. The molecule has 1 N–H and O–H groups in total. The van der Waals surface area contributed by atoms with Crippen LogP contribution in [0.2, 0.25) is 0 Å². The number of carbonyl (C=O) groups is 1. The van der Waals surface area contributed by atoms with Gasteiger partial charge in [0.2, 0.25) is 0 Å². The van der Waals surface area contributed by atoms with Crippen molar-refractivity contribution in [3.8, 4) is 17.2 Å². The first-order chi connectivity index (χ1) is 14.1. The third-order valence-corrected chi connectivity index (χ3v) is 4.81. The summed E-state index contributed by atoms with van der Waals surface area (Å²) in [6.07, 6.45) is 0.758. The number of hydrogen-bond donors (Lipinski definition) is 1. The maximum atomic E-state index is 12.9. The van der Waals surface area contributed by atoms with Gasteiger partial charge in [0.15, 0.2) is 11.5 Å². The van der Waals surface area contributed by atoms with Crippen LogP contribution in [-0.2, 0) is 6.42 Å². The van der Waals surface area contributed by atoms with E-state index in [2.05, 4.69) is 33.4 Å². The lowest BCUT2D eigenvalue weighted by Gasteiger charge is -2.14. The summed E-state index contributed by atoms with van der Waals surface area (Å²) >= 11 is 3.42. The molecule has 0 spiro atoms. The van der Waals surface area contributed by atoms with Gasteiger partial charge in [0.05, 0.1) is 26.4 Å². The number of nitrogens with one attached hydrogen (secondary N) is 1. The summed E-state index contributed by atoms with van der Waals surface area (Å²) in [5.74, 6) is 1.40. The molecule has 0 fully saturated rings. The average molecular weight is 456 g/mol. The van der Waals surface area contributed by atoms with Crippen molar-refractivity contribution in [3.05, 3.63) is 82.3 Å². The van der Waals surface area contributed by atoms with Crippen LogP contribution >= 0.6 is 15.9 Å². The summed E-state index contributed by atoms with van der Waals surface area (Å²) in [6, 6.07) is 20.7. The lowest BCUT2D eigenvalue weighted by molar-refractivity contribution is 0.102. The molecule has 3 aromatic carbocycles. The molecule has 0 bridgehead atoms. The number of ether oxygens (including phenoxy) is 3. The van der Waals surface area contributed by atoms with Crippen LogP contribution in [0, 0.1) is 0 Å². The summed E-state index contributed by atoms with van der Waals surface area (Å²) in [6.45, 7) is 0.474. The fraction of sp³-hybridized carbons (Fsp3) is 0.174. The largest absolute Gasteiger partial charge is 0.493 e. The van der Waals surface area contributed by atoms with Crippen LogP contribution < -0.4 is 19.5 Å². The first-order valence-electron chi connectivity index (χ1n) is 9.10. The van der Waals surface area contributed by atoms with Gasteiger partial charge in [-0.25, -0.2) is 0 Å². The van der Waals surface area contributed by atoms with Crippen LogP contribution in [0.5, 0.6) is 17.2 Å². The Kier molecular flexibility index (Phi) is 7.14. The molecule has 3 rings (SSSR count). The molecule has 0 saturated heterocycles. The van der Waals surface area contributed by atoms with Gasteiger partial charge in [0.1, 0.15) is 5.75 Å². The van der Waals surface area contributed by atoms with Crippen LogP contribution in [0.3, 0.4) is 0 Å². The summed E-state index contributed by atoms with van der Waals surface area (Å²) in [5.41, 5.74) is 2.23. The Bertz CT molecular complexity index is 976. The Morgan fingerprint density at radius 1 is 0.897 bits per heavy atom. The van der Waals surface area contributed by atoms with Crippen molar-refractivity contribution in [1.82, 2.24) is 0 Å². The predicted octanol–water partition coefficient (Wildman–Crippen LogP) is 5.34. The van der Waals surface area contributed by atoms with Crippen molar-refractivity contribution in [1.29, 1.82) is 0 Å². The van der Waals surface area contributed by atoms with Gasteiger partial charge < -0.3 is 19.5 Å². The molecule has 0 atom stereocenters. The number of halogens is 1. The Morgan fingerprint density at radius 3 is 2.34 bits per heavy atom. The highest BCUT2D eigenvalue weighted by atomic mass is 79.9. The maximum absolute atomic E-state index is 12.9. The lowest BCUT2D eigenvalue weighted by Crippen LogP contribution is -2.14. The number of carbonyl (C=O) groups excluding carboxylic acids is 1. The second-order valence-corrected chi connectivity index (χ2v) is 7.16. The summed E-state index contributed by atoms with van der Waals surface area (Å²) in [7, 11) is 3.12. The molecule has 0 aliphatic rings. The topological polar surface area (TPSA) is 56.8 Å². The Balaban J connectivity index is 1.73. The minimum Gasteiger partial charge on any atom is -0.493 e. The zero-order valence-electron chi connectivity index (χ0n) is 16.3. The Hall–Kier alpha value is -2.99. The zero-order valence-corrected chi connectivity index (χ0v) is 17.9. The summed E-state index contributed by atoms with van der Waals surface area (Å²) in [5, 5.41) is 2.88. The monoisotopic (exact) mass is 455 g/mol. The van der Waals surface area contributed by atoms with Crippen molar-refractivity contribution in [2.24, 2.45) is 0 Å². The first kappa shape index (κ1) is 20.7. The van der Waals surface area contributed by atoms with Gasteiger partial charge in [0.25, 0.3) is 5.91 Å². The van der Waals surface area contributed by atoms with E-state index in [9.17, 15) is 4.79 Å². The van der Waals surface area contributed by atoms with Crippen molar-refractivity contribution < 1.29 is 19.0 Å². The standard InChI is InChI=1S/C23H22BrNO4/c1-27-21-11-9-18(15-22(21)28-2)25-23(26)19-14-17(24)8-10-20(19)29-13-12-16-6-4-3-5-7-16/h3-11,14-15H,12-13H2,1-2H3,(H,25,26). The van der Waals surface area contributed by atoms with E-state index < -0.39 is 0 Å². The average Bonchev–Trinajstić information content (AvgIpc) is 2.75. The van der Waals surface area contributed by atoms with E-state index in [1.165, 1.54) is 5.56 Å². The molecule has 0 radical (unpaired) electrons. The number of rotatable bonds is 8. The molecule has 150 valence electrons. The fourth-order valence-corrected chi connectivity index (χ4v) is 3.20. The molecule has 0 aromatic heterocycles. The third-order valence-electron chi connectivity index (χ3n) is 4.32. The van der Waals surface area contributed by atoms with E-state index in [4.69, 9.17) is 14.2 Å². The molecular weight excluding hydrogens is 434 g/mol. The van der Waals surface area contributed by atoms with E-state index >= 15 is 0 Å². The molecule has 0 aliphatic carbocycles. The van der Waals surface area contributed by atoms with Gasteiger partial charge in [0, 0.05) is 22.6 Å². The van der Waals surface area contributed by atoms with Crippen LogP contribution in [0.4, 0.5) is 5.69 Å². The smallest absolute Gasteiger partial charge is 0.259 e. The molecule has 0 heterocycles. The van der Waals surface area contributed by atoms with Gasteiger partial charge in [-0.2, -0.15) is 0 Å². The summed E-state index contributed by atoms with van der Waals surface area (Å²) in [4.78, 5) is 12.9. The quantitative estimate of drug-likeness (QED) is 0.497. The predicted molar refractivity (Wildman–Crippen MR) is 117 cm³/mol. The van der Waals surface area contributed by atoms with Gasteiger partial charge in [-0.1, -0.05) is 46.3 Å². The highest BCUT2D eigenvalue weighted by Crippen LogP contribution is 2.31. The SMILES string of the molecule is COc1ccc(NC(=O)c2cc(Br)ccc2OCCc2ccccc2)cc1OC. The zero-order chi connectivity index (χ0) is 20.6. The van der Waals surface area contributed by atoms with Gasteiger partial charge in [-0.15, -0.1) is 0 Å². The highest BCUT2D eigenvalue weighted by molar-refractivity contribution is 9.10. The van der Waals surface area contributed by atoms with E-state index in [0.29, 0.717) is 35.1 Å². The van der Waals surface area contributed by atoms with Crippen molar-refractivity contribution >= 4 is 27.5 Å². The van der Waals surface area contributed by atoms with E-state index in [-0.39, 0.29) is 5.91 Å². The Morgan fingerprint density at radius 2 is 1.62 bits per heavy atom. The first-order valence-corrected chi connectivity index (χ1v) is 9.89. The third kappa shape index (κ3) is 5.51. The minimum absolute atomic E-state index is 0.270. The Labute approximate surface area is 178 Å². The summed E-state index contributed by atoms with van der Waals surface area (Å²) < 4.78 is 17.2. The minimum atomic E-state index is -0.270. The maximum Gasteiger partial charge on any atom is 0.259 e. The second-order valence-electron chi connectivity index (χ2n) is 6.25. The molecule has 0 saturated carbocycles. The van der Waals surface area contributed by atoms with E-state index in [1.54, 1.807) is 44.6 Å². The number of benzene rings is 3. The number of amides is 1. The molecule has 6 heteroatoms. The molecular formula is C23H22BrNO4. The molecule has 0 unspecified atom stereocenters. The van der Waals surface area contributed by atoms with Gasteiger partial charge in [-0.05, 0) is 35.9 Å². The van der Waals surface area contributed by atoms with Crippen LogP contribution in [-0.4, -0.2) is 26.7 Å². The lowest BCUT2D eigenvalue weighted by atomic mass is 10.1. The van der Waals surface area contributed by atoms with Crippen molar-refractivity contribution in [2.45, 2.75) is 6.42 Å². The fourth-order valence-electron chi connectivity index (χ4n) is 2.84. The number of anilines is 1. The molecule has 1 amide bonds. The number of hydrogen-bond acceptors (Lipinski definition) is 4. The molecule has 29 heavy (non-hydrogen) atoms. The van der Waals surface area contributed by atoms with Crippen molar-refractivity contribution in [3.63, 3.8) is 0 Å². The van der Waals surface area contributed by atoms with Crippen LogP contribution in [0.15, 0.2) is 71.2 Å². The molecule has 0 aliphatic heterocycles. The second kappa shape index (κ2) is 9.98. The van der Waals surface area contributed by atoms with Gasteiger partial charge >= 0.3 is 0 Å². The van der Waals surface area contributed by atoms with E-state index in [0.717, 1.165) is 10.9 Å².